The number of hydrogen-bond acceptors (Lipinski definition) is 1. The molecule has 0 amide bonds. The minimum atomic E-state index is -0.109. The summed E-state index contributed by atoms with van der Waals surface area (Å²) in [5, 5.41) is 0. The molecule has 1 heteroatoms. The molecular formula is C18H18O. The molecule has 2 aromatic rings. The van der Waals surface area contributed by atoms with E-state index >= 15 is 0 Å². The maximum atomic E-state index is 12.5. The summed E-state index contributed by atoms with van der Waals surface area (Å²) in [6.45, 7) is 5.85. The van der Waals surface area contributed by atoms with E-state index in [0.29, 0.717) is 0 Å². The highest BCUT2D eigenvalue weighted by molar-refractivity contribution is 5.98. The number of carbonyl (C=O) groups excluding carboxylic acids is 1. The molecule has 19 heavy (non-hydrogen) atoms. The van der Waals surface area contributed by atoms with Crippen LogP contribution in [0.1, 0.15) is 28.8 Å². The smallest absolute Gasteiger partial charge is 0.166 e. The van der Waals surface area contributed by atoms with Gasteiger partial charge in [0.25, 0.3) is 0 Å². The summed E-state index contributed by atoms with van der Waals surface area (Å²) >= 11 is 0. The van der Waals surface area contributed by atoms with Crippen molar-refractivity contribution in [3.05, 3.63) is 84.4 Å². The standard InChI is InChI=1S/C18H18O/c1-3-17(15-10-6-4-7-11-15)14(2)18(19)16-12-8-5-9-13-16/h3-14,17H,1H2,2H3. The number of hydrogen-bond donors (Lipinski definition) is 0. The third-order valence-corrected chi connectivity index (χ3v) is 3.45. The molecule has 0 saturated heterocycles. The zero-order valence-electron chi connectivity index (χ0n) is 11.1. The highest BCUT2D eigenvalue weighted by Gasteiger charge is 2.23. The summed E-state index contributed by atoms with van der Waals surface area (Å²) in [4.78, 5) is 12.5. The molecule has 96 valence electrons. The van der Waals surface area contributed by atoms with Crippen LogP contribution in [0, 0.1) is 5.92 Å². The van der Waals surface area contributed by atoms with E-state index in [2.05, 4.69) is 6.58 Å². The van der Waals surface area contributed by atoms with Gasteiger partial charge in [0.1, 0.15) is 0 Å². The lowest BCUT2D eigenvalue weighted by Gasteiger charge is -2.20. The van der Waals surface area contributed by atoms with Gasteiger partial charge >= 0.3 is 0 Å². The first-order valence-corrected chi connectivity index (χ1v) is 6.51. The maximum absolute atomic E-state index is 12.5. The van der Waals surface area contributed by atoms with Gasteiger partial charge in [-0.05, 0) is 5.56 Å². The minimum Gasteiger partial charge on any atom is -0.294 e. The summed E-state index contributed by atoms with van der Waals surface area (Å²) in [5.74, 6) is 0.102. The van der Waals surface area contributed by atoms with E-state index < -0.39 is 0 Å². The van der Waals surface area contributed by atoms with E-state index in [4.69, 9.17) is 0 Å². The van der Waals surface area contributed by atoms with Crippen molar-refractivity contribution in [2.24, 2.45) is 5.92 Å². The van der Waals surface area contributed by atoms with Gasteiger partial charge in [0.05, 0.1) is 0 Å². The van der Waals surface area contributed by atoms with Gasteiger partial charge in [-0.3, -0.25) is 4.79 Å². The third kappa shape index (κ3) is 3.00. The number of ketones is 1. The van der Waals surface area contributed by atoms with Crippen LogP contribution in [0.4, 0.5) is 0 Å². The van der Waals surface area contributed by atoms with Crippen molar-refractivity contribution in [2.75, 3.05) is 0 Å². The molecular weight excluding hydrogens is 232 g/mol. The van der Waals surface area contributed by atoms with Gasteiger partial charge in [0, 0.05) is 17.4 Å². The van der Waals surface area contributed by atoms with Gasteiger partial charge in [-0.2, -0.15) is 0 Å². The zero-order chi connectivity index (χ0) is 13.7. The average Bonchev–Trinajstić information content (AvgIpc) is 2.49. The van der Waals surface area contributed by atoms with E-state index in [1.807, 2.05) is 73.7 Å². The SMILES string of the molecule is C=CC(c1ccccc1)C(C)C(=O)c1ccccc1. The molecule has 2 unspecified atom stereocenters. The molecule has 2 atom stereocenters. The Morgan fingerprint density at radius 3 is 2.05 bits per heavy atom. The quantitative estimate of drug-likeness (QED) is 0.565. The van der Waals surface area contributed by atoms with Crippen molar-refractivity contribution in [2.45, 2.75) is 12.8 Å². The fraction of sp³-hybridized carbons (Fsp3) is 0.167. The molecule has 0 spiro atoms. The van der Waals surface area contributed by atoms with Crippen LogP contribution in [-0.2, 0) is 0 Å². The molecule has 0 N–H and O–H groups in total. The Morgan fingerprint density at radius 1 is 1.00 bits per heavy atom. The first-order chi connectivity index (χ1) is 9.24. The zero-order valence-corrected chi connectivity index (χ0v) is 11.1. The first-order valence-electron chi connectivity index (χ1n) is 6.51. The van der Waals surface area contributed by atoms with E-state index in [1.165, 1.54) is 0 Å². The largest absolute Gasteiger partial charge is 0.294 e. The molecule has 0 aliphatic rings. The van der Waals surface area contributed by atoms with Gasteiger partial charge in [-0.1, -0.05) is 73.7 Å². The Bertz CT molecular complexity index is 542. The Morgan fingerprint density at radius 2 is 1.53 bits per heavy atom. The highest BCUT2D eigenvalue weighted by atomic mass is 16.1. The summed E-state index contributed by atoms with van der Waals surface area (Å²) in [7, 11) is 0. The van der Waals surface area contributed by atoms with Crippen LogP contribution >= 0.6 is 0 Å². The van der Waals surface area contributed by atoms with Gasteiger partial charge in [-0.15, -0.1) is 6.58 Å². The topological polar surface area (TPSA) is 17.1 Å². The maximum Gasteiger partial charge on any atom is 0.166 e. The van der Waals surface area contributed by atoms with E-state index in [1.54, 1.807) is 0 Å². The molecule has 0 heterocycles. The Labute approximate surface area is 114 Å². The van der Waals surface area contributed by atoms with Gasteiger partial charge in [0.15, 0.2) is 5.78 Å². The van der Waals surface area contributed by atoms with Crippen LogP contribution in [0.2, 0.25) is 0 Å². The molecule has 0 bridgehead atoms. The number of Topliss-reactive ketones (excluding diaryl/α,β-unsaturated/α-hetero) is 1. The Balaban J connectivity index is 2.25. The Kier molecular flexibility index (Phi) is 4.30. The van der Waals surface area contributed by atoms with Crippen LogP contribution in [0.5, 0.6) is 0 Å². The van der Waals surface area contributed by atoms with E-state index in [9.17, 15) is 4.79 Å². The van der Waals surface area contributed by atoms with Crippen LogP contribution in [0.3, 0.4) is 0 Å². The second kappa shape index (κ2) is 6.14. The molecule has 0 saturated carbocycles. The van der Waals surface area contributed by atoms with Gasteiger partial charge in [0.2, 0.25) is 0 Å². The fourth-order valence-corrected chi connectivity index (χ4v) is 2.33. The molecule has 2 rings (SSSR count). The van der Waals surface area contributed by atoms with E-state index in [0.717, 1.165) is 11.1 Å². The van der Waals surface area contributed by atoms with Crippen molar-refractivity contribution in [3.63, 3.8) is 0 Å². The normalized spacial score (nSPS) is 13.5. The summed E-state index contributed by atoms with van der Waals surface area (Å²) < 4.78 is 0. The van der Waals surface area contributed by atoms with Crippen LogP contribution in [0.15, 0.2) is 73.3 Å². The number of carbonyl (C=O) groups is 1. The lowest BCUT2D eigenvalue weighted by atomic mass is 9.82. The molecule has 1 nitrogen and oxygen atoms in total. The van der Waals surface area contributed by atoms with E-state index in [-0.39, 0.29) is 17.6 Å². The summed E-state index contributed by atoms with van der Waals surface area (Å²) in [5.41, 5.74) is 1.90. The van der Waals surface area contributed by atoms with Crippen molar-refractivity contribution >= 4 is 5.78 Å². The van der Waals surface area contributed by atoms with Crippen molar-refractivity contribution < 1.29 is 4.79 Å². The predicted octanol–water partition coefficient (Wildman–Crippen LogP) is 4.48. The van der Waals surface area contributed by atoms with Crippen molar-refractivity contribution in [1.29, 1.82) is 0 Å². The monoisotopic (exact) mass is 250 g/mol. The fourth-order valence-electron chi connectivity index (χ4n) is 2.33. The molecule has 0 aliphatic heterocycles. The number of rotatable bonds is 5. The third-order valence-electron chi connectivity index (χ3n) is 3.45. The lowest BCUT2D eigenvalue weighted by molar-refractivity contribution is 0.0921. The molecule has 0 aliphatic carbocycles. The van der Waals surface area contributed by atoms with Crippen LogP contribution in [-0.4, -0.2) is 5.78 Å². The van der Waals surface area contributed by atoms with Crippen LogP contribution in [0.25, 0.3) is 0 Å². The van der Waals surface area contributed by atoms with Gasteiger partial charge in [-0.25, -0.2) is 0 Å². The molecule has 2 aromatic carbocycles. The summed E-state index contributed by atoms with van der Waals surface area (Å²) in [6, 6.07) is 19.5. The molecule has 0 radical (unpaired) electrons. The average molecular weight is 250 g/mol. The lowest BCUT2D eigenvalue weighted by Crippen LogP contribution is -2.18. The number of allylic oxidation sites excluding steroid dienone is 1. The first kappa shape index (κ1) is 13.3. The van der Waals surface area contributed by atoms with Crippen molar-refractivity contribution in [1.82, 2.24) is 0 Å². The molecule has 0 aromatic heterocycles. The Hall–Kier alpha value is -2.15. The summed E-state index contributed by atoms with van der Waals surface area (Å²) in [6.07, 6.45) is 1.86. The second-order valence-electron chi connectivity index (χ2n) is 4.69. The molecule has 0 fully saturated rings. The van der Waals surface area contributed by atoms with Crippen molar-refractivity contribution in [3.8, 4) is 0 Å². The van der Waals surface area contributed by atoms with Crippen LogP contribution < -0.4 is 0 Å². The highest BCUT2D eigenvalue weighted by Crippen LogP contribution is 2.28. The van der Waals surface area contributed by atoms with Gasteiger partial charge < -0.3 is 0 Å². The second-order valence-corrected chi connectivity index (χ2v) is 4.69. The minimum absolute atomic E-state index is 0.0499. The number of benzene rings is 2. The predicted molar refractivity (Wildman–Crippen MR) is 79.3 cm³/mol.